The van der Waals surface area contributed by atoms with Gasteiger partial charge in [0.25, 0.3) is 0 Å². The van der Waals surface area contributed by atoms with Crippen molar-refractivity contribution in [2.24, 2.45) is 4.99 Å². The van der Waals surface area contributed by atoms with Crippen LogP contribution in [0, 0.1) is 6.92 Å². The minimum atomic E-state index is -3.47. The Morgan fingerprint density at radius 3 is 2.30 bits per heavy atom. The van der Waals surface area contributed by atoms with Gasteiger partial charge in [0, 0.05) is 38.1 Å². The summed E-state index contributed by atoms with van der Waals surface area (Å²) in [5, 5.41) is 6.61. The molecule has 0 fully saturated rings. The van der Waals surface area contributed by atoms with Crippen molar-refractivity contribution in [2.75, 3.05) is 20.4 Å². The summed E-state index contributed by atoms with van der Waals surface area (Å²) in [5.41, 5.74) is 3.44. The highest BCUT2D eigenvalue weighted by molar-refractivity contribution is 7.98. The number of rotatable bonds is 8. The lowest BCUT2D eigenvalue weighted by Crippen LogP contribution is -2.36. The first-order valence-corrected chi connectivity index (χ1v) is 12.5. The molecule has 0 atom stereocenters. The van der Waals surface area contributed by atoms with Gasteiger partial charge in [-0.05, 0) is 61.9 Å². The molecular weight excluding hydrogens is 416 g/mol. The van der Waals surface area contributed by atoms with E-state index in [1.54, 1.807) is 38.0 Å². The van der Waals surface area contributed by atoms with Crippen LogP contribution in [-0.2, 0) is 23.1 Å². The standard InChI is InChI=1S/C22H32N4O2S2/c1-16(2)26(5)30(27,28)20-11-8-18(9-12-20)14-24-22(23-4)25-15-19-10-7-17(3)13-21(19)29-6/h7-13,16H,14-15H2,1-6H3,(H2,23,24,25). The number of aliphatic imine (C=N–C) groups is 1. The highest BCUT2D eigenvalue weighted by Gasteiger charge is 2.22. The van der Waals surface area contributed by atoms with E-state index in [9.17, 15) is 8.42 Å². The number of hydrogen-bond donors (Lipinski definition) is 2. The molecule has 2 rings (SSSR count). The summed E-state index contributed by atoms with van der Waals surface area (Å²) in [5.74, 6) is 0.693. The number of nitrogens with zero attached hydrogens (tertiary/aromatic N) is 2. The van der Waals surface area contributed by atoms with Crippen molar-refractivity contribution in [1.29, 1.82) is 0 Å². The van der Waals surface area contributed by atoms with Gasteiger partial charge >= 0.3 is 0 Å². The first-order valence-electron chi connectivity index (χ1n) is 9.84. The highest BCUT2D eigenvalue weighted by atomic mass is 32.2. The van der Waals surface area contributed by atoms with Crippen molar-refractivity contribution >= 4 is 27.7 Å². The molecule has 0 bridgehead atoms. The average Bonchev–Trinajstić information content (AvgIpc) is 2.74. The van der Waals surface area contributed by atoms with Gasteiger partial charge in [-0.15, -0.1) is 11.8 Å². The summed E-state index contributed by atoms with van der Waals surface area (Å²) >= 11 is 1.73. The molecule has 0 aliphatic heterocycles. The van der Waals surface area contributed by atoms with Crippen LogP contribution in [-0.4, -0.2) is 45.1 Å². The molecule has 8 heteroatoms. The fourth-order valence-electron chi connectivity index (χ4n) is 2.81. The van der Waals surface area contributed by atoms with Crippen LogP contribution in [0.25, 0.3) is 0 Å². The van der Waals surface area contributed by atoms with Crippen molar-refractivity contribution in [3.05, 3.63) is 59.2 Å². The molecule has 164 valence electrons. The molecule has 2 N–H and O–H groups in total. The molecule has 2 aromatic carbocycles. The van der Waals surface area contributed by atoms with Crippen LogP contribution in [0.2, 0.25) is 0 Å². The summed E-state index contributed by atoms with van der Waals surface area (Å²) in [4.78, 5) is 5.83. The van der Waals surface area contributed by atoms with E-state index in [1.807, 2.05) is 26.0 Å². The van der Waals surface area contributed by atoms with Crippen LogP contribution in [0.15, 0.2) is 57.2 Å². The first kappa shape index (κ1) is 24.2. The zero-order chi connectivity index (χ0) is 22.3. The van der Waals surface area contributed by atoms with Crippen LogP contribution in [0.4, 0.5) is 0 Å². The van der Waals surface area contributed by atoms with Crippen LogP contribution in [0.1, 0.15) is 30.5 Å². The monoisotopic (exact) mass is 448 g/mol. The number of nitrogens with one attached hydrogen (secondary N) is 2. The van der Waals surface area contributed by atoms with E-state index in [-0.39, 0.29) is 6.04 Å². The van der Waals surface area contributed by atoms with E-state index < -0.39 is 10.0 Å². The molecule has 0 unspecified atom stereocenters. The maximum Gasteiger partial charge on any atom is 0.243 e. The maximum absolute atomic E-state index is 12.6. The molecule has 0 spiro atoms. The van der Waals surface area contributed by atoms with E-state index in [0.717, 1.165) is 5.56 Å². The van der Waals surface area contributed by atoms with E-state index in [0.29, 0.717) is 23.9 Å². The Balaban J connectivity index is 1.97. The summed E-state index contributed by atoms with van der Waals surface area (Å²) in [6, 6.07) is 13.3. The Morgan fingerprint density at radius 2 is 1.73 bits per heavy atom. The minimum absolute atomic E-state index is 0.0918. The van der Waals surface area contributed by atoms with Crippen molar-refractivity contribution < 1.29 is 8.42 Å². The SMILES string of the molecule is CN=C(NCc1ccc(S(=O)(=O)N(C)C(C)C)cc1)NCc1ccc(C)cc1SC. The smallest absolute Gasteiger partial charge is 0.243 e. The molecule has 0 heterocycles. The number of benzene rings is 2. The van der Waals surface area contributed by atoms with Crippen molar-refractivity contribution in [3.8, 4) is 0 Å². The lowest BCUT2D eigenvalue weighted by atomic mass is 10.1. The second-order valence-corrected chi connectivity index (χ2v) is 10.2. The number of guanidine groups is 1. The van der Waals surface area contributed by atoms with Crippen molar-refractivity contribution in [2.45, 2.75) is 49.7 Å². The zero-order valence-electron chi connectivity index (χ0n) is 18.6. The largest absolute Gasteiger partial charge is 0.352 e. The van der Waals surface area contributed by atoms with Gasteiger partial charge < -0.3 is 10.6 Å². The van der Waals surface area contributed by atoms with Gasteiger partial charge in [0.15, 0.2) is 5.96 Å². The predicted octanol–water partition coefficient (Wildman–Crippen LogP) is 3.61. The highest BCUT2D eigenvalue weighted by Crippen LogP contribution is 2.21. The minimum Gasteiger partial charge on any atom is -0.352 e. The number of hydrogen-bond acceptors (Lipinski definition) is 4. The summed E-state index contributed by atoms with van der Waals surface area (Å²) in [7, 11) is -0.133. The van der Waals surface area contributed by atoms with Gasteiger partial charge in [-0.2, -0.15) is 4.31 Å². The van der Waals surface area contributed by atoms with Gasteiger partial charge in [-0.1, -0.05) is 24.3 Å². The molecule has 0 aliphatic carbocycles. The second-order valence-electron chi connectivity index (χ2n) is 7.35. The molecule has 2 aromatic rings. The molecular formula is C22H32N4O2S2. The molecule has 0 saturated carbocycles. The van der Waals surface area contributed by atoms with E-state index in [2.05, 4.69) is 47.0 Å². The topological polar surface area (TPSA) is 73.8 Å². The lowest BCUT2D eigenvalue weighted by Gasteiger charge is -2.21. The average molecular weight is 449 g/mol. The van der Waals surface area contributed by atoms with Crippen molar-refractivity contribution in [3.63, 3.8) is 0 Å². The summed E-state index contributed by atoms with van der Waals surface area (Å²) in [6.07, 6.45) is 2.08. The third-order valence-corrected chi connectivity index (χ3v) is 7.77. The zero-order valence-corrected chi connectivity index (χ0v) is 20.2. The van der Waals surface area contributed by atoms with E-state index in [4.69, 9.17) is 0 Å². The second kappa shape index (κ2) is 10.8. The summed E-state index contributed by atoms with van der Waals surface area (Å²) < 4.78 is 26.5. The normalized spacial score (nSPS) is 12.5. The van der Waals surface area contributed by atoms with Gasteiger partial charge in [0.1, 0.15) is 0 Å². The molecule has 0 amide bonds. The van der Waals surface area contributed by atoms with Crippen LogP contribution in [0.3, 0.4) is 0 Å². The molecule has 0 radical (unpaired) electrons. The van der Waals surface area contributed by atoms with Gasteiger partial charge in [0.05, 0.1) is 4.90 Å². The Morgan fingerprint density at radius 1 is 1.10 bits per heavy atom. The Hall–Kier alpha value is -2.03. The third-order valence-electron chi connectivity index (χ3n) is 4.90. The van der Waals surface area contributed by atoms with Gasteiger partial charge in [-0.25, -0.2) is 8.42 Å². The van der Waals surface area contributed by atoms with Crippen LogP contribution < -0.4 is 10.6 Å². The maximum atomic E-state index is 12.6. The summed E-state index contributed by atoms with van der Waals surface area (Å²) in [6.45, 7) is 7.02. The third kappa shape index (κ3) is 6.23. The first-order chi connectivity index (χ1) is 14.2. The Bertz CT molecular complexity index is 971. The quantitative estimate of drug-likeness (QED) is 0.367. The van der Waals surface area contributed by atoms with Crippen molar-refractivity contribution in [1.82, 2.24) is 14.9 Å². The number of sulfonamides is 1. The van der Waals surface area contributed by atoms with Crippen LogP contribution >= 0.6 is 11.8 Å². The van der Waals surface area contributed by atoms with Gasteiger partial charge in [-0.3, -0.25) is 4.99 Å². The molecule has 6 nitrogen and oxygen atoms in total. The number of aryl methyl sites for hydroxylation is 1. The van der Waals surface area contributed by atoms with Crippen LogP contribution in [0.5, 0.6) is 0 Å². The Kier molecular flexibility index (Phi) is 8.76. The van der Waals surface area contributed by atoms with Gasteiger partial charge in [0.2, 0.25) is 10.0 Å². The molecule has 0 aliphatic rings. The van der Waals surface area contributed by atoms with E-state index in [1.165, 1.54) is 20.3 Å². The molecule has 30 heavy (non-hydrogen) atoms. The molecule has 0 saturated heterocycles. The predicted molar refractivity (Wildman–Crippen MR) is 127 cm³/mol. The lowest BCUT2D eigenvalue weighted by molar-refractivity contribution is 0.410. The molecule has 0 aromatic heterocycles. The fraction of sp³-hybridized carbons (Fsp3) is 0.409. The van der Waals surface area contributed by atoms with E-state index >= 15 is 0 Å². The fourth-order valence-corrected chi connectivity index (χ4v) is 4.88. The number of thioether (sulfide) groups is 1. The Labute approximate surface area is 185 Å².